The van der Waals surface area contributed by atoms with Gasteiger partial charge in [-0.2, -0.15) is 0 Å². The molecular formula is C27H24ClN3O3S. The predicted octanol–water partition coefficient (Wildman–Crippen LogP) is 4.43. The van der Waals surface area contributed by atoms with Crippen molar-refractivity contribution in [2.24, 2.45) is 4.99 Å². The third kappa shape index (κ3) is 4.05. The predicted molar refractivity (Wildman–Crippen MR) is 139 cm³/mol. The number of benzene rings is 2. The molecule has 0 saturated carbocycles. The average Bonchev–Trinajstić information content (AvgIpc) is 3.36. The minimum atomic E-state index is -0.651. The number of ether oxygens (including phenoxy) is 1. The first kappa shape index (κ1) is 23.3. The van der Waals surface area contributed by atoms with E-state index in [-0.39, 0.29) is 12.2 Å². The molecule has 0 aliphatic carbocycles. The third-order valence-electron chi connectivity index (χ3n) is 6.15. The van der Waals surface area contributed by atoms with E-state index in [1.165, 1.54) is 11.3 Å². The topological polar surface area (TPSA) is 65.6 Å². The highest BCUT2D eigenvalue weighted by atomic mass is 35.5. The van der Waals surface area contributed by atoms with E-state index in [2.05, 4.69) is 34.8 Å². The van der Waals surface area contributed by atoms with E-state index in [1.807, 2.05) is 30.3 Å². The van der Waals surface area contributed by atoms with Crippen molar-refractivity contribution >= 4 is 45.9 Å². The van der Waals surface area contributed by atoms with Crippen LogP contribution in [-0.4, -0.2) is 21.7 Å². The summed E-state index contributed by atoms with van der Waals surface area (Å²) >= 11 is 7.44. The Hall–Kier alpha value is -3.42. The Morgan fingerprint density at radius 2 is 1.91 bits per heavy atom. The van der Waals surface area contributed by atoms with E-state index < -0.39 is 12.0 Å². The molecule has 0 N–H and O–H groups in total. The van der Waals surface area contributed by atoms with Crippen LogP contribution in [0.4, 0.5) is 0 Å². The molecule has 8 heteroatoms. The van der Waals surface area contributed by atoms with Crippen molar-refractivity contribution in [3.63, 3.8) is 0 Å². The smallest absolute Gasteiger partial charge is 0.338 e. The number of hydrogen-bond acceptors (Lipinski definition) is 5. The van der Waals surface area contributed by atoms with Crippen molar-refractivity contribution in [3.05, 3.63) is 102 Å². The Morgan fingerprint density at radius 3 is 2.63 bits per heavy atom. The van der Waals surface area contributed by atoms with E-state index in [0.29, 0.717) is 25.6 Å². The maximum absolute atomic E-state index is 13.8. The summed E-state index contributed by atoms with van der Waals surface area (Å²) in [6.45, 7) is 6.69. The molecule has 4 aromatic rings. The molecule has 1 aliphatic rings. The molecular weight excluding hydrogens is 482 g/mol. The zero-order chi connectivity index (χ0) is 24.7. The maximum Gasteiger partial charge on any atom is 0.338 e. The molecule has 5 rings (SSSR count). The van der Waals surface area contributed by atoms with Gasteiger partial charge in [0.2, 0.25) is 0 Å². The second-order valence-electron chi connectivity index (χ2n) is 8.24. The first-order valence-electron chi connectivity index (χ1n) is 11.5. The molecule has 35 heavy (non-hydrogen) atoms. The molecule has 1 aliphatic heterocycles. The summed E-state index contributed by atoms with van der Waals surface area (Å²) in [6, 6.07) is 14.7. The van der Waals surface area contributed by atoms with Crippen molar-refractivity contribution in [2.75, 3.05) is 6.61 Å². The minimum Gasteiger partial charge on any atom is -0.463 e. The van der Waals surface area contributed by atoms with Gasteiger partial charge in [-0.15, -0.1) is 0 Å². The number of para-hydroxylation sites is 1. The highest BCUT2D eigenvalue weighted by Crippen LogP contribution is 2.31. The van der Waals surface area contributed by atoms with Gasteiger partial charge in [-0.05, 0) is 50.6 Å². The van der Waals surface area contributed by atoms with E-state index in [4.69, 9.17) is 16.3 Å². The standard InChI is InChI=1S/C27H24ClN3O3S/c1-4-30-15-18(20-8-6-7-9-21(20)30)14-22-25(32)31-24(17-10-12-19(28)13-11-17)23(26(33)34-5-2)16(3)29-27(31)35-22/h6-15,24H,4-5H2,1-3H3/b22-14-/t24-/m0/s1. The third-order valence-corrected chi connectivity index (χ3v) is 7.38. The summed E-state index contributed by atoms with van der Waals surface area (Å²) in [6.07, 6.45) is 3.98. The van der Waals surface area contributed by atoms with Crippen LogP contribution in [0.25, 0.3) is 17.0 Å². The summed E-state index contributed by atoms with van der Waals surface area (Å²) in [5.74, 6) is -0.478. The number of allylic oxidation sites excluding steroid dienone is 1. The van der Waals surface area contributed by atoms with Gasteiger partial charge in [0.1, 0.15) is 0 Å². The summed E-state index contributed by atoms with van der Waals surface area (Å²) in [5, 5.41) is 1.66. The van der Waals surface area contributed by atoms with Crippen LogP contribution in [-0.2, 0) is 16.1 Å². The molecule has 178 valence electrons. The number of thiazole rings is 1. The number of fused-ring (bicyclic) bond motifs is 2. The molecule has 3 heterocycles. The van der Waals surface area contributed by atoms with Crippen LogP contribution < -0.4 is 14.9 Å². The van der Waals surface area contributed by atoms with Crippen molar-refractivity contribution in [1.29, 1.82) is 0 Å². The summed E-state index contributed by atoms with van der Waals surface area (Å²) in [4.78, 5) is 31.9. The first-order chi connectivity index (χ1) is 16.9. The number of carbonyl (C=O) groups is 1. The molecule has 2 aromatic carbocycles. The lowest BCUT2D eigenvalue weighted by Crippen LogP contribution is -2.39. The molecule has 0 unspecified atom stereocenters. The van der Waals surface area contributed by atoms with E-state index in [9.17, 15) is 9.59 Å². The van der Waals surface area contributed by atoms with Crippen LogP contribution in [0.5, 0.6) is 0 Å². The highest BCUT2D eigenvalue weighted by Gasteiger charge is 2.33. The van der Waals surface area contributed by atoms with Crippen molar-refractivity contribution in [1.82, 2.24) is 9.13 Å². The van der Waals surface area contributed by atoms with E-state index in [0.717, 1.165) is 28.6 Å². The monoisotopic (exact) mass is 505 g/mol. The number of halogens is 1. The molecule has 0 amide bonds. The number of aryl methyl sites for hydroxylation is 1. The number of rotatable bonds is 5. The lowest BCUT2D eigenvalue weighted by atomic mass is 9.96. The fourth-order valence-electron chi connectivity index (χ4n) is 4.55. The van der Waals surface area contributed by atoms with Crippen LogP contribution in [0.1, 0.15) is 37.9 Å². The summed E-state index contributed by atoms with van der Waals surface area (Å²) < 4.78 is 9.66. The lowest BCUT2D eigenvalue weighted by molar-refractivity contribution is -0.139. The molecule has 0 saturated heterocycles. The van der Waals surface area contributed by atoms with Gasteiger partial charge in [-0.3, -0.25) is 9.36 Å². The van der Waals surface area contributed by atoms with Crippen LogP contribution in [0.15, 0.2) is 75.8 Å². The van der Waals surface area contributed by atoms with Gasteiger partial charge in [0, 0.05) is 34.2 Å². The molecule has 6 nitrogen and oxygen atoms in total. The van der Waals surface area contributed by atoms with Crippen LogP contribution in [0.2, 0.25) is 5.02 Å². The number of hydrogen-bond donors (Lipinski definition) is 0. The van der Waals surface area contributed by atoms with Crippen molar-refractivity contribution in [2.45, 2.75) is 33.4 Å². The van der Waals surface area contributed by atoms with Crippen LogP contribution in [0.3, 0.4) is 0 Å². The van der Waals surface area contributed by atoms with Gasteiger partial charge in [-0.25, -0.2) is 9.79 Å². The number of nitrogens with zero attached hydrogens (tertiary/aromatic N) is 3. The molecule has 0 radical (unpaired) electrons. The molecule has 2 aromatic heterocycles. The number of esters is 1. The Labute approximate surface area is 211 Å². The van der Waals surface area contributed by atoms with Gasteiger partial charge in [-0.1, -0.05) is 53.3 Å². The van der Waals surface area contributed by atoms with Crippen LogP contribution in [0, 0.1) is 0 Å². The maximum atomic E-state index is 13.8. The number of aromatic nitrogens is 2. The molecule has 0 spiro atoms. The molecule has 0 fully saturated rings. The lowest BCUT2D eigenvalue weighted by Gasteiger charge is -2.24. The van der Waals surface area contributed by atoms with Gasteiger partial charge in [0.05, 0.1) is 28.5 Å². The van der Waals surface area contributed by atoms with Crippen molar-refractivity contribution in [3.8, 4) is 0 Å². The normalized spacial score (nSPS) is 15.9. The van der Waals surface area contributed by atoms with Gasteiger partial charge < -0.3 is 9.30 Å². The van der Waals surface area contributed by atoms with Gasteiger partial charge >= 0.3 is 5.97 Å². The quantitative estimate of drug-likeness (QED) is 0.377. The average molecular weight is 506 g/mol. The van der Waals surface area contributed by atoms with Gasteiger partial charge in [0.25, 0.3) is 5.56 Å². The Balaban J connectivity index is 1.75. The minimum absolute atomic E-state index is 0.198. The fourth-order valence-corrected chi connectivity index (χ4v) is 5.71. The van der Waals surface area contributed by atoms with E-state index in [1.54, 1.807) is 30.5 Å². The highest BCUT2D eigenvalue weighted by molar-refractivity contribution is 7.07. The zero-order valence-corrected chi connectivity index (χ0v) is 21.2. The number of carbonyl (C=O) groups excluding carboxylic acids is 1. The summed E-state index contributed by atoms with van der Waals surface area (Å²) in [7, 11) is 0. The van der Waals surface area contributed by atoms with Crippen molar-refractivity contribution < 1.29 is 9.53 Å². The fraction of sp³-hybridized carbons (Fsp3) is 0.222. The van der Waals surface area contributed by atoms with Crippen LogP contribution >= 0.6 is 22.9 Å². The first-order valence-corrected chi connectivity index (χ1v) is 12.6. The molecule has 0 bridgehead atoms. The Morgan fingerprint density at radius 1 is 1.17 bits per heavy atom. The summed E-state index contributed by atoms with van der Waals surface area (Å²) in [5.41, 5.74) is 3.55. The second kappa shape index (κ2) is 9.32. The SMILES string of the molecule is CCOC(=O)C1=C(C)N=c2s/c(=C\c3cn(CC)c4ccccc34)c(=O)n2[C@H]1c1ccc(Cl)cc1. The molecule has 1 atom stereocenters. The zero-order valence-electron chi connectivity index (χ0n) is 19.6. The Kier molecular flexibility index (Phi) is 6.21. The van der Waals surface area contributed by atoms with E-state index >= 15 is 0 Å². The van der Waals surface area contributed by atoms with Gasteiger partial charge in [0.15, 0.2) is 4.80 Å². The Bertz CT molecular complexity index is 1660. The second-order valence-corrected chi connectivity index (χ2v) is 9.69. The largest absolute Gasteiger partial charge is 0.463 e.